The third-order valence-electron chi connectivity index (χ3n) is 3.60. The first-order valence-electron chi connectivity index (χ1n) is 8.12. The number of rotatable bonds is 8. The van der Waals surface area contributed by atoms with Crippen LogP contribution in [0.2, 0.25) is 0 Å². The molecule has 0 aliphatic heterocycles. The highest BCUT2D eigenvalue weighted by Gasteiger charge is 2.11. The smallest absolute Gasteiger partial charge is 0.133 e. The molecule has 6 nitrogen and oxygen atoms in total. The molecular weight excluding hydrogens is 318 g/mol. The molecule has 134 valence electrons. The molecule has 6 heteroatoms. The van der Waals surface area contributed by atoms with E-state index >= 15 is 0 Å². The second-order valence-corrected chi connectivity index (χ2v) is 5.68. The number of nitrogens with zero attached hydrogens (tertiary/aromatic N) is 3. The molecule has 0 unspecified atom stereocenters. The summed E-state index contributed by atoms with van der Waals surface area (Å²) in [6, 6.07) is 3.97. The Kier molecular flexibility index (Phi) is 6.62. The van der Waals surface area contributed by atoms with E-state index in [4.69, 9.17) is 14.3 Å². The second-order valence-electron chi connectivity index (χ2n) is 5.68. The molecule has 1 aromatic heterocycles. The minimum atomic E-state index is 0.354. The number of ether oxygens (including phenoxy) is 2. The number of oxime groups is 1. The Morgan fingerprint density at radius 1 is 1.20 bits per heavy atom. The Morgan fingerprint density at radius 2 is 1.92 bits per heavy atom. The van der Waals surface area contributed by atoms with E-state index in [0.29, 0.717) is 13.2 Å². The van der Waals surface area contributed by atoms with Crippen LogP contribution in [0.5, 0.6) is 11.5 Å². The summed E-state index contributed by atoms with van der Waals surface area (Å²) in [6.45, 7) is 6.91. The number of aromatic nitrogens is 2. The fourth-order valence-corrected chi connectivity index (χ4v) is 2.48. The zero-order chi connectivity index (χ0) is 18.2. The normalized spacial score (nSPS) is 11.4. The minimum absolute atomic E-state index is 0.354. The van der Waals surface area contributed by atoms with E-state index in [9.17, 15) is 0 Å². The van der Waals surface area contributed by atoms with Gasteiger partial charge in [-0.25, -0.2) is 0 Å². The molecule has 0 saturated carbocycles. The summed E-state index contributed by atoms with van der Waals surface area (Å²) in [6.07, 6.45) is 7.44. The molecule has 0 amide bonds. The standard InChI is InChI=1S/C19H25N3O3/c1-6-7-8-24-17-9-14(2)19(15(3)10-17)25-13-18-16(11-20-23-5)12-22(4)21-18/h6-7,9-12H,8,13H2,1-5H3/b7-6+,20-11+. The van der Waals surface area contributed by atoms with Crippen LogP contribution in [-0.2, 0) is 18.5 Å². The van der Waals surface area contributed by atoms with Gasteiger partial charge in [0.1, 0.15) is 37.5 Å². The van der Waals surface area contributed by atoms with Gasteiger partial charge in [0.2, 0.25) is 0 Å². The van der Waals surface area contributed by atoms with Gasteiger partial charge in [0.15, 0.2) is 0 Å². The predicted molar refractivity (Wildman–Crippen MR) is 98.4 cm³/mol. The highest BCUT2D eigenvalue weighted by atomic mass is 16.6. The van der Waals surface area contributed by atoms with Crippen LogP contribution in [0.3, 0.4) is 0 Å². The summed E-state index contributed by atoms with van der Waals surface area (Å²) >= 11 is 0. The number of hydrogen-bond acceptors (Lipinski definition) is 5. The first-order valence-corrected chi connectivity index (χ1v) is 8.12. The largest absolute Gasteiger partial charge is 0.490 e. The zero-order valence-electron chi connectivity index (χ0n) is 15.4. The van der Waals surface area contributed by atoms with Crippen molar-refractivity contribution in [2.75, 3.05) is 13.7 Å². The van der Waals surface area contributed by atoms with Crippen molar-refractivity contribution < 1.29 is 14.3 Å². The third kappa shape index (κ3) is 5.11. The van der Waals surface area contributed by atoms with Crippen LogP contribution >= 0.6 is 0 Å². The van der Waals surface area contributed by atoms with Gasteiger partial charge in [0, 0.05) is 18.8 Å². The van der Waals surface area contributed by atoms with Gasteiger partial charge in [-0.15, -0.1) is 0 Å². The lowest BCUT2D eigenvalue weighted by atomic mass is 10.1. The molecule has 0 saturated heterocycles. The van der Waals surface area contributed by atoms with Gasteiger partial charge in [-0.05, 0) is 44.0 Å². The molecule has 0 N–H and O–H groups in total. The number of allylic oxidation sites excluding steroid dienone is 1. The summed E-state index contributed by atoms with van der Waals surface area (Å²) in [5.41, 5.74) is 3.72. The fourth-order valence-electron chi connectivity index (χ4n) is 2.48. The van der Waals surface area contributed by atoms with Crippen LogP contribution in [0.15, 0.2) is 35.6 Å². The maximum atomic E-state index is 6.02. The maximum Gasteiger partial charge on any atom is 0.133 e. The average molecular weight is 343 g/mol. The molecule has 2 aromatic rings. The highest BCUT2D eigenvalue weighted by Crippen LogP contribution is 2.29. The molecule has 0 spiro atoms. The molecule has 0 fully saturated rings. The molecule has 0 bridgehead atoms. The van der Waals surface area contributed by atoms with Gasteiger partial charge in [-0.3, -0.25) is 4.68 Å². The second kappa shape index (κ2) is 8.92. The van der Waals surface area contributed by atoms with Gasteiger partial charge >= 0.3 is 0 Å². The van der Waals surface area contributed by atoms with Crippen LogP contribution in [-0.4, -0.2) is 29.7 Å². The Bertz CT molecular complexity index is 740. The molecular formula is C19H25N3O3. The lowest BCUT2D eigenvalue weighted by Crippen LogP contribution is -2.03. The SMILES string of the molecule is C/C=C/COc1cc(C)c(OCc2nn(C)cc2/C=N/OC)c(C)c1. The van der Waals surface area contributed by atoms with Crippen molar-refractivity contribution in [2.45, 2.75) is 27.4 Å². The molecule has 0 atom stereocenters. The van der Waals surface area contributed by atoms with Gasteiger partial charge in [-0.2, -0.15) is 5.10 Å². The zero-order valence-corrected chi connectivity index (χ0v) is 15.4. The molecule has 0 radical (unpaired) electrons. The first-order chi connectivity index (χ1) is 12.0. The van der Waals surface area contributed by atoms with Crippen LogP contribution in [0.25, 0.3) is 0 Å². The summed E-state index contributed by atoms with van der Waals surface area (Å²) in [5, 5.41) is 8.22. The molecule has 0 aliphatic rings. The van der Waals surface area contributed by atoms with E-state index < -0.39 is 0 Å². The van der Waals surface area contributed by atoms with Gasteiger partial charge in [-0.1, -0.05) is 17.3 Å². The molecule has 25 heavy (non-hydrogen) atoms. The predicted octanol–water partition coefficient (Wildman–Crippen LogP) is 3.55. The van der Waals surface area contributed by atoms with E-state index in [1.807, 2.05) is 58.3 Å². The van der Waals surface area contributed by atoms with Crippen molar-refractivity contribution in [1.82, 2.24) is 9.78 Å². The van der Waals surface area contributed by atoms with Crippen LogP contribution < -0.4 is 9.47 Å². The number of hydrogen-bond donors (Lipinski definition) is 0. The Labute approximate surface area is 148 Å². The van der Waals surface area contributed by atoms with E-state index in [-0.39, 0.29) is 0 Å². The summed E-state index contributed by atoms with van der Waals surface area (Å²) in [4.78, 5) is 4.74. The first kappa shape index (κ1) is 18.6. The van der Waals surface area contributed by atoms with E-state index in [2.05, 4.69) is 10.3 Å². The van der Waals surface area contributed by atoms with Crippen molar-refractivity contribution in [3.05, 3.63) is 52.9 Å². The van der Waals surface area contributed by atoms with Crippen molar-refractivity contribution in [3.8, 4) is 11.5 Å². The van der Waals surface area contributed by atoms with Crippen LogP contribution in [0.4, 0.5) is 0 Å². The van der Waals surface area contributed by atoms with Gasteiger partial charge in [0.05, 0.1) is 6.21 Å². The van der Waals surface area contributed by atoms with Crippen LogP contribution in [0, 0.1) is 13.8 Å². The Morgan fingerprint density at radius 3 is 2.56 bits per heavy atom. The van der Waals surface area contributed by atoms with Crippen molar-refractivity contribution in [3.63, 3.8) is 0 Å². The summed E-state index contributed by atoms with van der Waals surface area (Å²) in [7, 11) is 3.37. The average Bonchev–Trinajstić information content (AvgIpc) is 2.92. The van der Waals surface area contributed by atoms with Gasteiger partial charge in [0.25, 0.3) is 0 Å². The lowest BCUT2D eigenvalue weighted by Gasteiger charge is -2.14. The van der Waals surface area contributed by atoms with Crippen LogP contribution in [0.1, 0.15) is 29.3 Å². The summed E-state index contributed by atoms with van der Waals surface area (Å²) < 4.78 is 13.5. The monoisotopic (exact) mass is 343 g/mol. The van der Waals surface area contributed by atoms with E-state index in [1.165, 1.54) is 7.11 Å². The minimum Gasteiger partial charge on any atom is -0.490 e. The van der Waals surface area contributed by atoms with Crippen molar-refractivity contribution in [1.29, 1.82) is 0 Å². The lowest BCUT2D eigenvalue weighted by molar-refractivity contribution is 0.215. The van der Waals surface area contributed by atoms with Gasteiger partial charge < -0.3 is 14.3 Å². The summed E-state index contributed by atoms with van der Waals surface area (Å²) in [5.74, 6) is 1.69. The number of benzene rings is 1. The van der Waals surface area contributed by atoms with Crippen molar-refractivity contribution in [2.24, 2.45) is 12.2 Å². The fraction of sp³-hybridized carbons (Fsp3) is 0.368. The molecule has 1 aromatic carbocycles. The quantitative estimate of drug-likeness (QED) is 0.418. The number of aryl methyl sites for hydroxylation is 3. The topological polar surface area (TPSA) is 57.9 Å². The van der Waals surface area contributed by atoms with E-state index in [1.54, 1.807) is 10.9 Å². The van der Waals surface area contributed by atoms with E-state index in [0.717, 1.165) is 33.9 Å². The molecule has 2 rings (SSSR count). The highest BCUT2D eigenvalue weighted by molar-refractivity contribution is 5.80. The van der Waals surface area contributed by atoms with Crippen molar-refractivity contribution >= 4 is 6.21 Å². The third-order valence-corrected chi connectivity index (χ3v) is 3.60. The Balaban J connectivity index is 2.12. The molecule has 1 heterocycles. The maximum absolute atomic E-state index is 6.02. The molecule has 0 aliphatic carbocycles. The Hall–Kier alpha value is -2.76.